The Morgan fingerprint density at radius 2 is 2.20 bits per heavy atom. The summed E-state index contributed by atoms with van der Waals surface area (Å²) in [6.45, 7) is 0. The number of nitrogens with zero attached hydrogens (tertiary/aromatic N) is 2. The molecule has 2 rings (SSSR count). The molecule has 1 aromatic heterocycles. The predicted molar refractivity (Wildman–Crippen MR) is 58.0 cm³/mol. The van der Waals surface area contributed by atoms with Crippen LogP contribution in [0.5, 0.6) is 0 Å². The molecular formula is C10H9ClFN3. The van der Waals surface area contributed by atoms with Gasteiger partial charge in [-0.1, -0.05) is 11.6 Å². The normalized spacial score (nSPS) is 10.6. The van der Waals surface area contributed by atoms with E-state index in [4.69, 9.17) is 17.3 Å². The van der Waals surface area contributed by atoms with Crippen molar-refractivity contribution >= 4 is 17.5 Å². The van der Waals surface area contributed by atoms with Crippen LogP contribution in [0, 0.1) is 5.82 Å². The van der Waals surface area contributed by atoms with E-state index in [1.807, 2.05) is 0 Å². The number of hydrogen-bond donors (Lipinski definition) is 1. The Morgan fingerprint density at radius 1 is 1.47 bits per heavy atom. The highest BCUT2D eigenvalue weighted by molar-refractivity contribution is 6.31. The third-order valence-corrected chi connectivity index (χ3v) is 2.42. The summed E-state index contributed by atoms with van der Waals surface area (Å²) < 4.78 is 14.6. The molecule has 0 radical (unpaired) electrons. The minimum absolute atomic E-state index is 0.0803. The zero-order chi connectivity index (χ0) is 11.0. The zero-order valence-electron chi connectivity index (χ0n) is 8.04. The Morgan fingerprint density at radius 3 is 2.73 bits per heavy atom. The van der Waals surface area contributed by atoms with Gasteiger partial charge in [0.2, 0.25) is 0 Å². The molecule has 0 spiro atoms. The lowest BCUT2D eigenvalue weighted by Crippen LogP contribution is -1.94. The highest BCUT2D eigenvalue weighted by Gasteiger charge is 2.07. The number of hydrogen-bond acceptors (Lipinski definition) is 2. The summed E-state index contributed by atoms with van der Waals surface area (Å²) in [7, 11) is 1.79. The third-order valence-electron chi connectivity index (χ3n) is 2.13. The van der Waals surface area contributed by atoms with Crippen LogP contribution in [-0.2, 0) is 7.05 Å². The first-order chi connectivity index (χ1) is 7.08. The molecule has 0 saturated carbocycles. The highest BCUT2D eigenvalue weighted by atomic mass is 35.5. The monoisotopic (exact) mass is 225 g/mol. The number of aromatic nitrogens is 2. The number of nitrogen functional groups attached to an aromatic ring is 1. The Bertz CT molecular complexity index is 488. The van der Waals surface area contributed by atoms with Crippen molar-refractivity contribution in [3.63, 3.8) is 0 Å². The summed E-state index contributed by atoms with van der Waals surface area (Å²) in [6.07, 6.45) is 1.76. The van der Waals surface area contributed by atoms with Gasteiger partial charge in [-0.25, -0.2) is 9.37 Å². The average Bonchev–Trinajstić information content (AvgIpc) is 2.52. The zero-order valence-corrected chi connectivity index (χ0v) is 8.79. The second kappa shape index (κ2) is 3.55. The first-order valence-electron chi connectivity index (χ1n) is 4.32. The van der Waals surface area contributed by atoms with E-state index in [2.05, 4.69) is 4.98 Å². The minimum atomic E-state index is -0.440. The molecule has 0 aliphatic carbocycles. The predicted octanol–water partition coefficient (Wildman–Crippen LogP) is 2.46. The molecule has 2 aromatic rings. The van der Waals surface area contributed by atoms with Crippen LogP contribution in [0.25, 0.3) is 11.3 Å². The Balaban J connectivity index is 2.49. The number of aryl methyl sites for hydroxylation is 1. The Labute approximate surface area is 91.3 Å². The topological polar surface area (TPSA) is 43.8 Å². The lowest BCUT2D eigenvalue weighted by Gasteiger charge is -1.98. The fraction of sp³-hybridized carbons (Fsp3) is 0.100. The van der Waals surface area contributed by atoms with Gasteiger partial charge in [-0.3, -0.25) is 0 Å². The van der Waals surface area contributed by atoms with E-state index in [-0.39, 0.29) is 5.02 Å². The van der Waals surface area contributed by atoms with Crippen molar-refractivity contribution in [2.75, 3.05) is 5.73 Å². The molecule has 3 nitrogen and oxygen atoms in total. The molecule has 2 N–H and O–H groups in total. The van der Waals surface area contributed by atoms with Crippen LogP contribution in [0.4, 0.5) is 10.3 Å². The number of nitrogens with two attached hydrogens (primary N) is 1. The molecule has 0 atom stereocenters. The molecule has 5 heteroatoms. The third kappa shape index (κ3) is 1.80. The molecule has 0 aliphatic rings. The lowest BCUT2D eigenvalue weighted by atomic mass is 10.2. The maximum atomic E-state index is 12.9. The first-order valence-corrected chi connectivity index (χ1v) is 4.70. The average molecular weight is 226 g/mol. The summed E-state index contributed by atoms with van der Waals surface area (Å²) in [5.74, 6) is -0.0326. The second-order valence-electron chi connectivity index (χ2n) is 3.22. The molecule has 0 bridgehead atoms. The van der Waals surface area contributed by atoms with Gasteiger partial charge in [0.25, 0.3) is 0 Å². The standard InChI is InChI=1S/C10H9ClFN3/c1-15-5-9(14-10(15)13)6-2-3-8(12)7(11)4-6/h2-5H,1H3,(H2,13,14). The van der Waals surface area contributed by atoms with Crippen molar-refractivity contribution in [1.29, 1.82) is 0 Å². The van der Waals surface area contributed by atoms with Crippen LogP contribution in [0.2, 0.25) is 5.02 Å². The van der Waals surface area contributed by atoms with E-state index < -0.39 is 5.82 Å². The highest BCUT2D eigenvalue weighted by Crippen LogP contribution is 2.24. The van der Waals surface area contributed by atoms with Gasteiger partial charge in [0.15, 0.2) is 5.95 Å². The van der Waals surface area contributed by atoms with Crippen molar-refractivity contribution < 1.29 is 4.39 Å². The van der Waals surface area contributed by atoms with Gasteiger partial charge in [0, 0.05) is 18.8 Å². The summed E-state index contributed by atoms with van der Waals surface area (Å²) in [5.41, 5.74) is 7.01. The molecule has 0 aliphatic heterocycles. The number of imidazole rings is 1. The SMILES string of the molecule is Cn1cc(-c2ccc(F)c(Cl)c2)nc1N. The van der Waals surface area contributed by atoms with Gasteiger partial charge in [-0.2, -0.15) is 0 Å². The number of halogens is 2. The van der Waals surface area contributed by atoms with Crippen LogP contribution in [-0.4, -0.2) is 9.55 Å². The van der Waals surface area contributed by atoms with Gasteiger partial charge in [0.05, 0.1) is 10.7 Å². The van der Waals surface area contributed by atoms with Gasteiger partial charge in [-0.15, -0.1) is 0 Å². The largest absolute Gasteiger partial charge is 0.369 e. The number of benzene rings is 1. The number of anilines is 1. The van der Waals surface area contributed by atoms with Crippen molar-refractivity contribution in [1.82, 2.24) is 9.55 Å². The molecule has 0 saturated heterocycles. The quantitative estimate of drug-likeness (QED) is 0.810. The summed E-state index contributed by atoms with van der Waals surface area (Å²) in [6, 6.07) is 4.45. The second-order valence-corrected chi connectivity index (χ2v) is 3.63. The van der Waals surface area contributed by atoms with Crippen LogP contribution >= 0.6 is 11.6 Å². The van der Waals surface area contributed by atoms with Crippen LogP contribution in [0.15, 0.2) is 24.4 Å². The van der Waals surface area contributed by atoms with Gasteiger partial charge < -0.3 is 10.3 Å². The molecule has 1 aromatic carbocycles. The van der Waals surface area contributed by atoms with E-state index in [0.29, 0.717) is 11.6 Å². The van der Waals surface area contributed by atoms with Crippen molar-refractivity contribution in [2.45, 2.75) is 0 Å². The van der Waals surface area contributed by atoms with Crippen molar-refractivity contribution in [2.24, 2.45) is 7.05 Å². The van der Waals surface area contributed by atoms with E-state index in [9.17, 15) is 4.39 Å². The Kier molecular flexibility index (Phi) is 2.36. The van der Waals surface area contributed by atoms with Crippen LogP contribution in [0.3, 0.4) is 0 Å². The van der Waals surface area contributed by atoms with Crippen molar-refractivity contribution in [3.8, 4) is 11.3 Å². The summed E-state index contributed by atoms with van der Waals surface area (Å²) in [4.78, 5) is 4.11. The van der Waals surface area contributed by atoms with Crippen LogP contribution in [0.1, 0.15) is 0 Å². The summed E-state index contributed by atoms with van der Waals surface area (Å²) in [5, 5.41) is 0.0803. The minimum Gasteiger partial charge on any atom is -0.369 e. The fourth-order valence-electron chi connectivity index (χ4n) is 1.28. The van der Waals surface area contributed by atoms with Gasteiger partial charge in [0.1, 0.15) is 5.82 Å². The molecule has 0 unspecified atom stereocenters. The molecular weight excluding hydrogens is 217 g/mol. The van der Waals surface area contributed by atoms with E-state index in [0.717, 1.165) is 5.56 Å². The number of rotatable bonds is 1. The lowest BCUT2D eigenvalue weighted by molar-refractivity contribution is 0.628. The fourth-order valence-corrected chi connectivity index (χ4v) is 1.46. The van der Waals surface area contributed by atoms with Crippen molar-refractivity contribution in [3.05, 3.63) is 35.2 Å². The van der Waals surface area contributed by atoms with Gasteiger partial charge >= 0.3 is 0 Å². The summed E-state index contributed by atoms with van der Waals surface area (Å²) >= 11 is 5.67. The molecule has 78 valence electrons. The van der Waals surface area contributed by atoms with E-state index >= 15 is 0 Å². The Hall–Kier alpha value is -1.55. The molecule has 0 amide bonds. The molecule has 1 heterocycles. The maximum absolute atomic E-state index is 12.9. The van der Waals surface area contributed by atoms with E-state index in [1.54, 1.807) is 23.9 Å². The smallest absolute Gasteiger partial charge is 0.200 e. The maximum Gasteiger partial charge on any atom is 0.200 e. The molecule has 0 fully saturated rings. The molecule has 15 heavy (non-hydrogen) atoms. The van der Waals surface area contributed by atoms with Gasteiger partial charge in [-0.05, 0) is 18.2 Å². The first kappa shape index (κ1) is 9.98. The van der Waals surface area contributed by atoms with E-state index in [1.165, 1.54) is 12.1 Å². The van der Waals surface area contributed by atoms with Crippen LogP contribution < -0.4 is 5.73 Å².